The molecule has 3 aromatic rings. The normalized spacial score (nSPS) is 17.7. The predicted octanol–water partition coefficient (Wildman–Crippen LogP) is 4.54. The number of piperidine rings is 1. The van der Waals surface area contributed by atoms with Crippen molar-refractivity contribution in [1.82, 2.24) is 10.3 Å². The standard InChI is InChI=1S/C24H19N3O3S/c28-23-21(31-24(29)26-23)13-20-12-18-15-25-14-17(22(18)30-20)7-4-16-5-8-19(9-6-16)27-10-2-1-3-11-27/h5-6,8-9,12-15H,1-3,10-11H2,(H,26,28,29). The van der Waals surface area contributed by atoms with Crippen molar-refractivity contribution < 1.29 is 14.0 Å². The largest absolute Gasteiger partial charge is 0.455 e. The third kappa shape index (κ3) is 4.21. The average molecular weight is 430 g/mol. The molecule has 0 atom stereocenters. The second-order valence-electron chi connectivity index (χ2n) is 7.45. The zero-order valence-corrected chi connectivity index (χ0v) is 17.5. The van der Waals surface area contributed by atoms with Gasteiger partial charge in [-0.2, -0.15) is 0 Å². The van der Waals surface area contributed by atoms with E-state index in [9.17, 15) is 9.59 Å². The van der Waals surface area contributed by atoms with Gasteiger partial charge in [0.25, 0.3) is 11.1 Å². The molecule has 31 heavy (non-hydrogen) atoms. The number of amides is 2. The van der Waals surface area contributed by atoms with Crippen molar-refractivity contribution in [2.45, 2.75) is 19.3 Å². The van der Waals surface area contributed by atoms with Crippen molar-refractivity contribution in [2.75, 3.05) is 18.0 Å². The minimum atomic E-state index is -0.415. The van der Waals surface area contributed by atoms with Crippen molar-refractivity contribution in [3.63, 3.8) is 0 Å². The Labute approximate surface area is 183 Å². The Hall–Kier alpha value is -3.50. The minimum Gasteiger partial charge on any atom is -0.455 e. The van der Waals surface area contributed by atoms with Gasteiger partial charge in [-0.1, -0.05) is 11.8 Å². The molecule has 0 aliphatic carbocycles. The molecule has 0 unspecified atom stereocenters. The van der Waals surface area contributed by atoms with E-state index in [0.717, 1.165) is 35.8 Å². The first-order valence-electron chi connectivity index (χ1n) is 10.2. The van der Waals surface area contributed by atoms with Crippen molar-refractivity contribution in [2.24, 2.45) is 0 Å². The van der Waals surface area contributed by atoms with Crippen molar-refractivity contribution in [3.05, 3.63) is 64.5 Å². The molecule has 5 rings (SSSR count). The van der Waals surface area contributed by atoms with E-state index in [1.54, 1.807) is 24.5 Å². The topological polar surface area (TPSA) is 75.4 Å². The summed E-state index contributed by atoms with van der Waals surface area (Å²) in [6, 6.07) is 10.1. The van der Waals surface area contributed by atoms with Crippen LogP contribution >= 0.6 is 11.8 Å². The van der Waals surface area contributed by atoms with Crippen molar-refractivity contribution in [1.29, 1.82) is 0 Å². The number of fused-ring (bicyclic) bond motifs is 1. The minimum absolute atomic E-state index is 0.304. The fourth-order valence-electron chi connectivity index (χ4n) is 3.74. The summed E-state index contributed by atoms with van der Waals surface area (Å²) in [7, 11) is 0. The van der Waals surface area contributed by atoms with Gasteiger partial charge in [0.05, 0.1) is 10.5 Å². The number of hydrogen-bond donors (Lipinski definition) is 1. The fourth-order valence-corrected chi connectivity index (χ4v) is 4.40. The lowest BCUT2D eigenvalue weighted by Crippen LogP contribution is -2.29. The summed E-state index contributed by atoms with van der Waals surface area (Å²) in [4.78, 5) is 30.1. The van der Waals surface area contributed by atoms with Gasteiger partial charge in [-0.3, -0.25) is 19.9 Å². The quantitative estimate of drug-likeness (QED) is 0.476. The van der Waals surface area contributed by atoms with Crippen LogP contribution in [0.5, 0.6) is 0 Å². The zero-order chi connectivity index (χ0) is 21.2. The van der Waals surface area contributed by atoms with Gasteiger partial charge < -0.3 is 9.32 Å². The summed E-state index contributed by atoms with van der Waals surface area (Å²) in [5, 5.41) is 2.64. The van der Waals surface area contributed by atoms with Gasteiger partial charge in [-0.05, 0) is 61.4 Å². The molecule has 2 saturated heterocycles. The number of carbonyl (C=O) groups excluding carboxylic acids is 2. The number of furan rings is 1. The molecule has 154 valence electrons. The number of hydrogen-bond acceptors (Lipinski definition) is 6. The number of thioether (sulfide) groups is 1. The first-order chi connectivity index (χ1) is 15.2. The first-order valence-corrected chi connectivity index (χ1v) is 11.0. The van der Waals surface area contributed by atoms with E-state index in [0.29, 0.717) is 21.8 Å². The first kappa shape index (κ1) is 19.5. The number of pyridine rings is 1. The number of nitrogens with zero attached hydrogens (tertiary/aromatic N) is 2. The summed E-state index contributed by atoms with van der Waals surface area (Å²) in [6.45, 7) is 2.23. The molecule has 2 amide bonds. The molecule has 2 fully saturated rings. The number of carbonyl (C=O) groups is 2. The number of aromatic nitrogens is 1. The summed E-state index contributed by atoms with van der Waals surface area (Å²) in [5.41, 5.74) is 3.44. The zero-order valence-electron chi connectivity index (χ0n) is 16.7. The Kier molecular flexibility index (Phi) is 5.23. The van der Waals surface area contributed by atoms with Gasteiger partial charge in [0.15, 0.2) is 5.58 Å². The molecule has 0 saturated carbocycles. The maximum Gasteiger partial charge on any atom is 0.290 e. The van der Waals surface area contributed by atoms with Crippen LogP contribution < -0.4 is 10.2 Å². The third-order valence-electron chi connectivity index (χ3n) is 5.29. The van der Waals surface area contributed by atoms with Crippen LogP contribution in [-0.2, 0) is 4.79 Å². The van der Waals surface area contributed by atoms with E-state index in [2.05, 4.69) is 39.2 Å². The van der Waals surface area contributed by atoms with Gasteiger partial charge in [-0.25, -0.2) is 0 Å². The molecule has 1 N–H and O–H groups in total. The molecule has 7 heteroatoms. The summed E-state index contributed by atoms with van der Waals surface area (Å²) < 4.78 is 5.90. The van der Waals surface area contributed by atoms with Gasteiger partial charge in [0, 0.05) is 48.2 Å². The van der Waals surface area contributed by atoms with Crippen LogP contribution in [0.1, 0.15) is 36.1 Å². The van der Waals surface area contributed by atoms with Crippen LogP contribution in [0.25, 0.3) is 17.0 Å². The van der Waals surface area contributed by atoms with Crippen molar-refractivity contribution >= 4 is 45.6 Å². The monoisotopic (exact) mass is 429 g/mol. The molecule has 2 aliphatic rings. The Morgan fingerprint density at radius 3 is 2.61 bits per heavy atom. The highest BCUT2D eigenvalue weighted by molar-refractivity contribution is 8.18. The smallest absolute Gasteiger partial charge is 0.290 e. The summed E-state index contributed by atoms with van der Waals surface area (Å²) in [6.07, 6.45) is 8.72. The summed E-state index contributed by atoms with van der Waals surface area (Å²) in [5.74, 6) is 6.39. The Balaban J connectivity index is 1.39. The summed E-state index contributed by atoms with van der Waals surface area (Å²) >= 11 is 0.856. The number of anilines is 1. The Morgan fingerprint density at radius 1 is 1.06 bits per heavy atom. The van der Waals surface area contributed by atoms with Crippen molar-refractivity contribution in [3.8, 4) is 11.8 Å². The SMILES string of the molecule is O=C1NC(=O)C(=Cc2cc3cncc(C#Cc4ccc(N5CCCCC5)cc4)c3o2)S1. The highest BCUT2D eigenvalue weighted by atomic mass is 32.2. The van der Waals surface area contributed by atoms with Gasteiger partial charge in [-0.15, -0.1) is 0 Å². The molecule has 6 nitrogen and oxygen atoms in total. The van der Waals surface area contributed by atoms with Crippen LogP contribution in [0, 0.1) is 11.8 Å². The van der Waals surface area contributed by atoms with Gasteiger partial charge >= 0.3 is 0 Å². The Bertz CT molecular complexity index is 1260. The van der Waals surface area contributed by atoms with E-state index in [-0.39, 0.29) is 5.24 Å². The Morgan fingerprint density at radius 2 is 1.87 bits per heavy atom. The number of benzene rings is 1. The van der Waals surface area contributed by atoms with Crippen LogP contribution in [-0.4, -0.2) is 29.2 Å². The van der Waals surface area contributed by atoms with Gasteiger partial charge in [0.1, 0.15) is 5.76 Å². The predicted molar refractivity (Wildman–Crippen MR) is 122 cm³/mol. The molecule has 0 bridgehead atoms. The molecule has 4 heterocycles. The van der Waals surface area contributed by atoms with E-state index < -0.39 is 5.91 Å². The number of nitrogens with one attached hydrogen (secondary N) is 1. The van der Waals surface area contributed by atoms with Crippen LogP contribution in [0.3, 0.4) is 0 Å². The van der Waals surface area contributed by atoms with Crippen LogP contribution in [0.15, 0.2) is 52.0 Å². The fraction of sp³-hybridized carbons (Fsp3) is 0.208. The number of imide groups is 1. The van der Waals surface area contributed by atoms with E-state index >= 15 is 0 Å². The van der Waals surface area contributed by atoms with E-state index in [1.807, 2.05) is 12.1 Å². The maximum atomic E-state index is 11.8. The lowest BCUT2D eigenvalue weighted by Gasteiger charge is -2.28. The third-order valence-corrected chi connectivity index (χ3v) is 6.10. The molecule has 1 aromatic carbocycles. The second-order valence-corrected chi connectivity index (χ2v) is 8.47. The maximum absolute atomic E-state index is 11.8. The molecular formula is C24H19N3O3S. The highest BCUT2D eigenvalue weighted by Crippen LogP contribution is 2.29. The average Bonchev–Trinajstić information content (AvgIpc) is 3.35. The van der Waals surface area contributed by atoms with Crippen LogP contribution in [0.2, 0.25) is 0 Å². The highest BCUT2D eigenvalue weighted by Gasteiger charge is 2.25. The molecule has 2 aromatic heterocycles. The lowest BCUT2D eigenvalue weighted by molar-refractivity contribution is -0.115. The second kappa shape index (κ2) is 8.32. The van der Waals surface area contributed by atoms with Crippen LogP contribution in [0.4, 0.5) is 10.5 Å². The molecule has 0 spiro atoms. The van der Waals surface area contributed by atoms with Gasteiger partial charge in [0.2, 0.25) is 0 Å². The number of rotatable bonds is 2. The molecule has 2 aliphatic heterocycles. The van der Waals surface area contributed by atoms with E-state index in [1.165, 1.54) is 24.9 Å². The molecule has 0 radical (unpaired) electrons. The molecular weight excluding hydrogens is 410 g/mol. The van der Waals surface area contributed by atoms with E-state index in [4.69, 9.17) is 4.42 Å². The lowest BCUT2D eigenvalue weighted by atomic mass is 10.1.